The Labute approximate surface area is 105 Å². The van der Waals surface area contributed by atoms with Gasteiger partial charge in [-0.15, -0.1) is 0 Å². The van der Waals surface area contributed by atoms with Crippen molar-refractivity contribution in [3.63, 3.8) is 0 Å². The Morgan fingerprint density at radius 1 is 1.39 bits per heavy atom. The highest BCUT2D eigenvalue weighted by Crippen LogP contribution is 2.37. The summed E-state index contributed by atoms with van der Waals surface area (Å²) in [5.74, 6) is 0.758. The maximum atomic E-state index is 10.7. The number of benzene rings is 1. The molecule has 0 spiro atoms. The predicted octanol–water partition coefficient (Wildman–Crippen LogP) is 2.36. The van der Waals surface area contributed by atoms with Crippen LogP contribution in [0.5, 0.6) is 22.4 Å². The molecular weight excluding hydrogens is 258 g/mol. The first-order valence-corrected chi connectivity index (χ1v) is 5.80. The standard InChI is InChI=1S/C11H7NO5S/c13-10(14)9-4-12-11(18-9)17-6-1-2-7-8(3-6)16-5-15-7/h1-4H,5H2,(H,13,14). The SMILES string of the molecule is O=C(O)c1cnc(Oc2ccc3c(c2)OCO3)s1. The number of carboxylic acid groups (broad SMARTS) is 1. The van der Waals surface area contributed by atoms with Gasteiger partial charge in [0.15, 0.2) is 11.5 Å². The van der Waals surface area contributed by atoms with Crippen molar-refractivity contribution >= 4 is 17.3 Å². The lowest BCUT2D eigenvalue weighted by atomic mass is 10.3. The monoisotopic (exact) mass is 265 g/mol. The highest BCUT2D eigenvalue weighted by Gasteiger charge is 2.15. The number of ether oxygens (including phenoxy) is 3. The number of thiazole rings is 1. The lowest BCUT2D eigenvalue weighted by Gasteiger charge is -2.02. The highest BCUT2D eigenvalue weighted by atomic mass is 32.1. The molecule has 0 unspecified atom stereocenters. The highest BCUT2D eigenvalue weighted by molar-refractivity contribution is 7.15. The lowest BCUT2D eigenvalue weighted by Crippen LogP contribution is -1.92. The molecule has 18 heavy (non-hydrogen) atoms. The van der Waals surface area contributed by atoms with E-state index in [0.717, 1.165) is 11.3 Å². The van der Waals surface area contributed by atoms with Gasteiger partial charge < -0.3 is 19.3 Å². The van der Waals surface area contributed by atoms with Gasteiger partial charge in [0.2, 0.25) is 6.79 Å². The van der Waals surface area contributed by atoms with Gasteiger partial charge in [-0.05, 0) is 12.1 Å². The maximum Gasteiger partial charge on any atom is 0.347 e. The number of hydrogen-bond acceptors (Lipinski definition) is 6. The first-order valence-electron chi connectivity index (χ1n) is 4.99. The van der Waals surface area contributed by atoms with E-state index in [9.17, 15) is 4.79 Å². The average Bonchev–Trinajstić information content (AvgIpc) is 2.96. The van der Waals surface area contributed by atoms with Crippen LogP contribution in [0.25, 0.3) is 0 Å². The fourth-order valence-corrected chi connectivity index (χ4v) is 2.07. The van der Waals surface area contributed by atoms with Crippen LogP contribution < -0.4 is 14.2 Å². The summed E-state index contributed by atoms with van der Waals surface area (Å²) in [6, 6.07) is 5.10. The summed E-state index contributed by atoms with van der Waals surface area (Å²) in [7, 11) is 0. The molecule has 3 rings (SSSR count). The topological polar surface area (TPSA) is 77.9 Å². The van der Waals surface area contributed by atoms with Crippen molar-refractivity contribution in [2.45, 2.75) is 0 Å². The molecule has 0 atom stereocenters. The number of carboxylic acids is 1. The number of aromatic carboxylic acids is 1. The van der Waals surface area contributed by atoms with Crippen LogP contribution in [0.1, 0.15) is 9.67 Å². The number of carbonyl (C=O) groups is 1. The maximum absolute atomic E-state index is 10.7. The van der Waals surface area contributed by atoms with Crippen LogP contribution in [0.15, 0.2) is 24.4 Å². The smallest absolute Gasteiger partial charge is 0.347 e. The molecule has 0 amide bonds. The van der Waals surface area contributed by atoms with E-state index in [2.05, 4.69) is 4.98 Å². The van der Waals surface area contributed by atoms with Crippen molar-refractivity contribution in [1.82, 2.24) is 4.98 Å². The molecule has 1 aromatic carbocycles. The van der Waals surface area contributed by atoms with Crippen molar-refractivity contribution in [3.05, 3.63) is 29.3 Å². The second-order valence-electron chi connectivity index (χ2n) is 3.41. The van der Waals surface area contributed by atoms with Gasteiger partial charge in [0, 0.05) is 6.07 Å². The summed E-state index contributed by atoms with van der Waals surface area (Å²) < 4.78 is 15.8. The van der Waals surface area contributed by atoms with Gasteiger partial charge in [-0.3, -0.25) is 0 Å². The normalized spacial score (nSPS) is 12.4. The largest absolute Gasteiger partial charge is 0.477 e. The molecule has 0 aliphatic carbocycles. The first kappa shape index (κ1) is 10.8. The van der Waals surface area contributed by atoms with Crippen molar-refractivity contribution in [3.8, 4) is 22.4 Å². The molecule has 2 aromatic rings. The molecule has 6 nitrogen and oxygen atoms in total. The Hall–Kier alpha value is -2.28. The summed E-state index contributed by atoms with van der Waals surface area (Å²) in [5.41, 5.74) is 0. The molecule has 0 saturated carbocycles. The van der Waals surface area contributed by atoms with E-state index in [-0.39, 0.29) is 16.9 Å². The second-order valence-corrected chi connectivity index (χ2v) is 4.41. The fraction of sp³-hybridized carbons (Fsp3) is 0.0909. The van der Waals surface area contributed by atoms with Crippen molar-refractivity contribution in [2.75, 3.05) is 6.79 Å². The van der Waals surface area contributed by atoms with Gasteiger partial charge in [0.25, 0.3) is 5.19 Å². The molecule has 1 N–H and O–H groups in total. The van der Waals surface area contributed by atoms with Crippen LogP contribution in [0.3, 0.4) is 0 Å². The molecule has 0 radical (unpaired) electrons. The zero-order valence-electron chi connectivity index (χ0n) is 8.95. The Bertz CT molecular complexity index is 609. The zero-order chi connectivity index (χ0) is 12.5. The van der Waals surface area contributed by atoms with Crippen molar-refractivity contribution < 1.29 is 24.1 Å². The van der Waals surface area contributed by atoms with Gasteiger partial charge >= 0.3 is 5.97 Å². The zero-order valence-corrected chi connectivity index (χ0v) is 9.77. The molecule has 0 saturated heterocycles. The minimum atomic E-state index is -1.02. The Balaban J connectivity index is 1.81. The van der Waals surface area contributed by atoms with Crippen LogP contribution in [-0.4, -0.2) is 22.9 Å². The lowest BCUT2D eigenvalue weighted by molar-refractivity contribution is 0.0702. The van der Waals surface area contributed by atoms with E-state index >= 15 is 0 Å². The van der Waals surface area contributed by atoms with Crippen LogP contribution in [0, 0.1) is 0 Å². The third-order valence-corrected chi connectivity index (χ3v) is 3.11. The van der Waals surface area contributed by atoms with E-state index < -0.39 is 5.97 Å². The van der Waals surface area contributed by atoms with E-state index in [0.29, 0.717) is 17.2 Å². The molecule has 2 heterocycles. The summed E-state index contributed by atoms with van der Waals surface area (Å²) >= 11 is 0.964. The quantitative estimate of drug-likeness (QED) is 0.917. The fourth-order valence-electron chi connectivity index (χ4n) is 1.45. The van der Waals surface area contributed by atoms with Gasteiger partial charge in [-0.25, -0.2) is 9.78 Å². The van der Waals surface area contributed by atoms with Crippen LogP contribution in [0.4, 0.5) is 0 Å². The molecule has 92 valence electrons. The number of hydrogen-bond donors (Lipinski definition) is 1. The Kier molecular flexibility index (Phi) is 2.52. The van der Waals surface area contributed by atoms with Crippen LogP contribution in [0.2, 0.25) is 0 Å². The Morgan fingerprint density at radius 3 is 3.00 bits per heavy atom. The molecular formula is C11H7NO5S. The summed E-state index contributed by atoms with van der Waals surface area (Å²) in [6.07, 6.45) is 1.26. The van der Waals surface area contributed by atoms with E-state index in [1.54, 1.807) is 18.2 Å². The molecule has 1 aromatic heterocycles. The summed E-state index contributed by atoms with van der Waals surface area (Å²) in [4.78, 5) is 14.7. The van der Waals surface area contributed by atoms with Crippen LogP contribution in [-0.2, 0) is 0 Å². The minimum Gasteiger partial charge on any atom is -0.477 e. The third-order valence-electron chi connectivity index (χ3n) is 2.24. The molecule has 1 aliphatic rings. The molecule has 0 bridgehead atoms. The summed E-state index contributed by atoms with van der Waals surface area (Å²) in [6.45, 7) is 0.194. The number of aromatic nitrogens is 1. The van der Waals surface area contributed by atoms with E-state index in [4.69, 9.17) is 19.3 Å². The van der Waals surface area contributed by atoms with Crippen LogP contribution >= 0.6 is 11.3 Å². The van der Waals surface area contributed by atoms with Crippen molar-refractivity contribution in [2.24, 2.45) is 0 Å². The molecule has 0 fully saturated rings. The van der Waals surface area contributed by atoms with Gasteiger partial charge in [0.1, 0.15) is 10.6 Å². The second kappa shape index (κ2) is 4.19. The number of fused-ring (bicyclic) bond motifs is 1. The van der Waals surface area contributed by atoms with Gasteiger partial charge in [-0.1, -0.05) is 11.3 Å². The molecule has 7 heteroatoms. The predicted molar refractivity (Wildman–Crippen MR) is 61.7 cm³/mol. The third kappa shape index (κ3) is 1.95. The van der Waals surface area contributed by atoms with E-state index in [1.807, 2.05) is 0 Å². The average molecular weight is 265 g/mol. The van der Waals surface area contributed by atoms with Crippen molar-refractivity contribution in [1.29, 1.82) is 0 Å². The van der Waals surface area contributed by atoms with Gasteiger partial charge in [-0.2, -0.15) is 0 Å². The number of rotatable bonds is 3. The number of nitrogens with zero attached hydrogens (tertiary/aromatic N) is 1. The Morgan fingerprint density at radius 2 is 2.22 bits per heavy atom. The molecule has 1 aliphatic heterocycles. The minimum absolute atomic E-state index is 0.130. The van der Waals surface area contributed by atoms with Gasteiger partial charge in [0.05, 0.1) is 6.20 Å². The summed E-state index contributed by atoms with van der Waals surface area (Å²) in [5, 5.41) is 9.04. The first-order chi connectivity index (χ1) is 8.72. The van der Waals surface area contributed by atoms with E-state index in [1.165, 1.54) is 6.20 Å².